The first-order valence-corrected chi connectivity index (χ1v) is 8.29. The van der Waals surface area contributed by atoms with E-state index in [1.54, 1.807) is 0 Å². The van der Waals surface area contributed by atoms with Gasteiger partial charge >= 0.3 is 0 Å². The second-order valence-electron chi connectivity index (χ2n) is 5.97. The predicted molar refractivity (Wildman–Crippen MR) is 96.5 cm³/mol. The van der Waals surface area contributed by atoms with Gasteiger partial charge in [0.15, 0.2) is 0 Å². The minimum absolute atomic E-state index is 0.00307. The van der Waals surface area contributed by atoms with Crippen LogP contribution in [0.15, 0.2) is 54.6 Å². The lowest BCUT2D eigenvalue weighted by Crippen LogP contribution is -2.37. The molecule has 0 aliphatic rings. The van der Waals surface area contributed by atoms with Crippen LogP contribution in [-0.4, -0.2) is 11.9 Å². The minimum atomic E-state index is -0.250. The van der Waals surface area contributed by atoms with Gasteiger partial charge < -0.3 is 10.6 Å². The van der Waals surface area contributed by atoms with E-state index in [2.05, 4.69) is 42.7 Å². The normalized spacial score (nSPS) is 13.3. The van der Waals surface area contributed by atoms with Gasteiger partial charge in [0.05, 0.1) is 6.04 Å². The van der Waals surface area contributed by atoms with Gasteiger partial charge in [-0.25, -0.2) is 0 Å². The first kappa shape index (κ1) is 17.2. The number of anilines is 1. The number of rotatable bonds is 7. The molecule has 0 radical (unpaired) electrons. The van der Waals surface area contributed by atoms with Gasteiger partial charge in [-0.05, 0) is 36.5 Å². The Hall–Kier alpha value is -2.13. The summed E-state index contributed by atoms with van der Waals surface area (Å²) >= 11 is 0. The molecule has 3 nitrogen and oxygen atoms in total. The number of benzene rings is 2. The van der Waals surface area contributed by atoms with E-state index in [1.165, 1.54) is 11.1 Å². The molecule has 0 fully saturated rings. The highest BCUT2D eigenvalue weighted by molar-refractivity contribution is 5.95. The molecule has 0 aliphatic heterocycles. The fourth-order valence-electron chi connectivity index (χ4n) is 2.46. The lowest BCUT2D eigenvalue weighted by atomic mass is 9.97. The zero-order valence-corrected chi connectivity index (χ0v) is 14.2. The Labute approximate surface area is 139 Å². The second-order valence-corrected chi connectivity index (χ2v) is 5.97. The third-order valence-corrected chi connectivity index (χ3v) is 4.21. The third kappa shape index (κ3) is 4.93. The van der Waals surface area contributed by atoms with Gasteiger partial charge in [0.1, 0.15) is 0 Å². The molecular weight excluding hydrogens is 284 g/mol. The van der Waals surface area contributed by atoms with Gasteiger partial charge in [-0.15, -0.1) is 0 Å². The molecule has 2 atom stereocenters. The lowest BCUT2D eigenvalue weighted by molar-refractivity contribution is -0.117. The van der Waals surface area contributed by atoms with Crippen LogP contribution in [0.4, 0.5) is 5.69 Å². The summed E-state index contributed by atoms with van der Waals surface area (Å²) in [4.78, 5) is 12.4. The van der Waals surface area contributed by atoms with E-state index >= 15 is 0 Å². The Morgan fingerprint density at radius 1 is 1.00 bits per heavy atom. The van der Waals surface area contributed by atoms with Crippen molar-refractivity contribution in [2.75, 3.05) is 5.32 Å². The van der Waals surface area contributed by atoms with E-state index in [0.717, 1.165) is 12.1 Å². The Morgan fingerprint density at radius 3 is 2.35 bits per heavy atom. The Kier molecular flexibility index (Phi) is 6.36. The summed E-state index contributed by atoms with van der Waals surface area (Å²) in [5, 5.41) is 6.33. The molecule has 2 rings (SSSR count). The van der Waals surface area contributed by atoms with Gasteiger partial charge in [-0.3, -0.25) is 4.79 Å². The smallest absolute Gasteiger partial charge is 0.241 e. The van der Waals surface area contributed by atoms with Gasteiger partial charge in [-0.2, -0.15) is 0 Å². The fraction of sp³-hybridized carbons (Fsp3) is 0.350. The topological polar surface area (TPSA) is 41.1 Å². The average molecular weight is 310 g/mol. The Bertz CT molecular complexity index is 625. The molecule has 2 aromatic rings. The summed E-state index contributed by atoms with van der Waals surface area (Å²) in [6.45, 7) is 6.92. The van der Waals surface area contributed by atoms with E-state index in [1.807, 2.05) is 43.3 Å². The van der Waals surface area contributed by atoms with Crippen molar-refractivity contribution >= 4 is 11.6 Å². The van der Waals surface area contributed by atoms with Crippen LogP contribution in [0.5, 0.6) is 0 Å². The Balaban J connectivity index is 1.96. The number of para-hydroxylation sites is 1. The standard InChI is InChI=1S/C20H26N2O/c1-4-15(2)18-12-8-9-13-19(18)22-20(23)16(3)21-14-17-10-6-5-7-11-17/h5-13,15-16,21H,4,14H2,1-3H3,(H,22,23). The van der Waals surface area contributed by atoms with Gasteiger partial charge in [0.2, 0.25) is 5.91 Å². The number of hydrogen-bond acceptors (Lipinski definition) is 2. The first-order chi connectivity index (χ1) is 11.1. The van der Waals surface area contributed by atoms with Crippen LogP contribution in [0.1, 0.15) is 44.2 Å². The molecule has 23 heavy (non-hydrogen) atoms. The average Bonchev–Trinajstić information content (AvgIpc) is 2.60. The SMILES string of the molecule is CCC(C)c1ccccc1NC(=O)C(C)NCc1ccccc1. The molecule has 2 unspecified atom stereocenters. The Morgan fingerprint density at radius 2 is 1.65 bits per heavy atom. The van der Waals surface area contributed by atoms with Gasteiger partial charge in [0.25, 0.3) is 0 Å². The number of nitrogens with one attached hydrogen (secondary N) is 2. The van der Waals surface area contributed by atoms with Crippen molar-refractivity contribution in [3.05, 3.63) is 65.7 Å². The summed E-state index contributed by atoms with van der Waals surface area (Å²) in [5.74, 6) is 0.427. The van der Waals surface area contributed by atoms with Gasteiger partial charge in [-0.1, -0.05) is 62.4 Å². The molecule has 3 heteroatoms. The summed E-state index contributed by atoms with van der Waals surface area (Å²) in [6, 6.07) is 17.9. The second kappa shape index (κ2) is 8.49. The molecule has 1 amide bonds. The maximum atomic E-state index is 12.4. The monoisotopic (exact) mass is 310 g/mol. The number of amides is 1. The lowest BCUT2D eigenvalue weighted by Gasteiger charge is -2.18. The van der Waals surface area contributed by atoms with Crippen molar-refractivity contribution in [2.24, 2.45) is 0 Å². The van der Waals surface area contributed by atoms with Crippen LogP contribution in [-0.2, 0) is 11.3 Å². The van der Waals surface area contributed by atoms with Crippen molar-refractivity contribution in [3.63, 3.8) is 0 Å². The largest absolute Gasteiger partial charge is 0.324 e. The van der Waals surface area contributed by atoms with Crippen LogP contribution < -0.4 is 10.6 Å². The summed E-state index contributed by atoms with van der Waals surface area (Å²) < 4.78 is 0. The quantitative estimate of drug-likeness (QED) is 0.800. The number of hydrogen-bond donors (Lipinski definition) is 2. The van der Waals surface area contributed by atoms with Crippen molar-refractivity contribution in [3.8, 4) is 0 Å². The highest BCUT2D eigenvalue weighted by Gasteiger charge is 2.15. The highest BCUT2D eigenvalue weighted by Crippen LogP contribution is 2.26. The third-order valence-electron chi connectivity index (χ3n) is 4.21. The first-order valence-electron chi connectivity index (χ1n) is 8.29. The molecule has 0 saturated heterocycles. The zero-order valence-electron chi connectivity index (χ0n) is 14.2. The molecule has 0 saturated carbocycles. The molecular formula is C20H26N2O. The molecule has 2 aromatic carbocycles. The maximum absolute atomic E-state index is 12.4. The zero-order chi connectivity index (χ0) is 16.7. The molecule has 0 spiro atoms. The highest BCUT2D eigenvalue weighted by atomic mass is 16.2. The molecule has 0 bridgehead atoms. The van der Waals surface area contributed by atoms with Gasteiger partial charge in [0, 0.05) is 12.2 Å². The van der Waals surface area contributed by atoms with Crippen LogP contribution in [0.3, 0.4) is 0 Å². The summed E-state index contributed by atoms with van der Waals surface area (Å²) in [6.07, 6.45) is 1.05. The molecule has 2 N–H and O–H groups in total. The van der Waals surface area contributed by atoms with Crippen molar-refractivity contribution in [1.82, 2.24) is 5.32 Å². The summed E-state index contributed by atoms with van der Waals surface area (Å²) in [7, 11) is 0. The van der Waals surface area contributed by atoms with Crippen molar-refractivity contribution in [2.45, 2.75) is 45.7 Å². The van der Waals surface area contributed by atoms with E-state index in [9.17, 15) is 4.79 Å². The summed E-state index contributed by atoms with van der Waals surface area (Å²) in [5.41, 5.74) is 3.28. The molecule has 0 aromatic heterocycles. The molecule has 0 aliphatic carbocycles. The number of carbonyl (C=O) groups excluding carboxylic acids is 1. The predicted octanol–water partition coefficient (Wildman–Crippen LogP) is 4.32. The van der Waals surface area contributed by atoms with E-state index < -0.39 is 0 Å². The number of carbonyl (C=O) groups is 1. The maximum Gasteiger partial charge on any atom is 0.241 e. The van der Waals surface area contributed by atoms with E-state index in [4.69, 9.17) is 0 Å². The molecule has 122 valence electrons. The van der Waals surface area contributed by atoms with E-state index in [-0.39, 0.29) is 11.9 Å². The van der Waals surface area contributed by atoms with Crippen LogP contribution in [0.25, 0.3) is 0 Å². The van der Waals surface area contributed by atoms with Crippen molar-refractivity contribution < 1.29 is 4.79 Å². The minimum Gasteiger partial charge on any atom is -0.324 e. The van der Waals surface area contributed by atoms with Crippen molar-refractivity contribution in [1.29, 1.82) is 0 Å². The fourth-order valence-corrected chi connectivity index (χ4v) is 2.46. The molecule has 0 heterocycles. The van der Waals surface area contributed by atoms with E-state index in [0.29, 0.717) is 12.5 Å². The van der Waals surface area contributed by atoms with Crippen LogP contribution in [0, 0.1) is 0 Å². The van der Waals surface area contributed by atoms with Crippen LogP contribution in [0.2, 0.25) is 0 Å². The van der Waals surface area contributed by atoms with Crippen LogP contribution >= 0.6 is 0 Å².